The molecular weight excluding hydrogens is 648 g/mol. The van der Waals surface area contributed by atoms with Crippen molar-refractivity contribution in [1.29, 1.82) is 0 Å². The van der Waals surface area contributed by atoms with Crippen LogP contribution in [0, 0.1) is 5.92 Å². The Morgan fingerprint density at radius 1 is 0.961 bits per heavy atom. The van der Waals surface area contributed by atoms with Gasteiger partial charge in [0.05, 0.1) is 18.2 Å². The van der Waals surface area contributed by atoms with Crippen molar-refractivity contribution in [2.75, 3.05) is 52.4 Å². The third-order valence-corrected chi connectivity index (χ3v) is 10.7. The second-order valence-corrected chi connectivity index (χ2v) is 14.1. The lowest BCUT2D eigenvalue weighted by atomic mass is 9.73. The van der Waals surface area contributed by atoms with E-state index in [1.165, 1.54) is 12.1 Å². The number of carbonyl (C=O) groups is 2. The van der Waals surface area contributed by atoms with Gasteiger partial charge in [0.1, 0.15) is 23.0 Å². The largest absolute Gasteiger partial charge is 0.506 e. The number of aliphatic hydroxyl groups is 1. The molecule has 2 bridgehead atoms. The fraction of sp³-hybridized carbons (Fsp3) is 0.425. The first-order valence-electron chi connectivity index (χ1n) is 18.1. The molecule has 0 radical (unpaired) electrons. The van der Waals surface area contributed by atoms with Crippen molar-refractivity contribution in [2.45, 2.75) is 49.7 Å². The summed E-state index contributed by atoms with van der Waals surface area (Å²) in [6.07, 6.45) is 3.87. The summed E-state index contributed by atoms with van der Waals surface area (Å²) < 4.78 is 12.2. The van der Waals surface area contributed by atoms with E-state index in [9.17, 15) is 24.6 Å². The Bertz CT molecular complexity index is 1900. The number of hydrogen-bond donors (Lipinski definition) is 4. The molecule has 1 amide bonds. The molecule has 1 aromatic heterocycles. The van der Waals surface area contributed by atoms with Crippen LogP contribution in [0.1, 0.15) is 59.7 Å². The number of unbranched alkanes of at least 4 members (excludes halogenated alkanes) is 2. The summed E-state index contributed by atoms with van der Waals surface area (Å²) in [7, 11) is 0. The Morgan fingerprint density at radius 3 is 2.53 bits per heavy atom. The number of aromatic nitrogens is 1. The number of pyridine rings is 1. The van der Waals surface area contributed by atoms with Gasteiger partial charge in [0.2, 0.25) is 5.56 Å². The molecular formula is C40H46N4O7. The Hall–Kier alpha value is -4.71. The van der Waals surface area contributed by atoms with Crippen LogP contribution in [0.2, 0.25) is 0 Å². The maximum atomic E-state index is 13.8. The minimum atomic E-state index is -0.870. The number of aromatic amines is 1. The lowest BCUT2D eigenvalue weighted by Gasteiger charge is -2.50. The van der Waals surface area contributed by atoms with E-state index in [0.717, 1.165) is 57.3 Å². The summed E-state index contributed by atoms with van der Waals surface area (Å²) in [6, 6.07) is 23.0. The standard InChI is InChI=1S/C40H46N4O7/c45-33-14-12-31(32-13-15-36(47)42-37(32)33)34(46)23-41-18-5-2-6-21-50-30-11-7-8-28(22-30)38(48)44-25-40(26-44,29-9-3-1-4-10-29)39(49)51-35-24-43-19-16-27(35)17-20-43/h1,3-4,7-15,22,27,34-35,41,45-46H,2,5-6,16-21,23-26H2,(H,42,47). The second kappa shape index (κ2) is 15.3. The number of ether oxygens (including phenoxy) is 2. The number of rotatable bonds is 14. The third kappa shape index (κ3) is 7.51. The second-order valence-electron chi connectivity index (χ2n) is 14.1. The summed E-state index contributed by atoms with van der Waals surface area (Å²) in [5.41, 5.74) is 1.17. The van der Waals surface area contributed by atoms with Gasteiger partial charge in [-0.1, -0.05) is 42.5 Å². The zero-order chi connectivity index (χ0) is 35.4. The first kappa shape index (κ1) is 34.7. The summed E-state index contributed by atoms with van der Waals surface area (Å²) in [5.74, 6) is 0.638. The van der Waals surface area contributed by atoms with Gasteiger partial charge in [-0.25, -0.2) is 0 Å². The van der Waals surface area contributed by atoms with Crippen molar-refractivity contribution in [3.05, 3.63) is 106 Å². The molecule has 4 aliphatic rings. The number of phenols is 1. The molecule has 4 N–H and O–H groups in total. The van der Waals surface area contributed by atoms with Crippen LogP contribution in [-0.4, -0.2) is 95.4 Å². The topological polar surface area (TPSA) is 144 Å². The van der Waals surface area contributed by atoms with E-state index in [-0.39, 0.29) is 42.4 Å². The molecule has 51 heavy (non-hydrogen) atoms. The van der Waals surface area contributed by atoms with Gasteiger partial charge in [-0.2, -0.15) is 0 Å². The van der Waals surface area contributed by atoms with E-state index in [1.807, 2.05) is 42.5 Å². The molecule has 0 spiro atoms. The number of nitrogens with one attached hydrogen (secondary N) is 2. The molecule has 3 aromatic carbocycles. The number of carbonyl (C=O) groups excluding carboxylic acids is 2. The van der Waals surface area contributed by atoms with Crippen LogP contribution >= 0.6 is 0 Å². The number of amides is 1. The first-order valence-corrected chi connectivity index (χ1v) is 18.1. The molecule has 8 rings (SSSR count). The van der Waals surface area contributed by atoms with Gasteiger partial charge >= 0.3 is 5.97 Å². The molecule has 268 valence electrons. The van der Waals surface area contributed by atoms with Crippen molar-refractivity contribution >= 4 is 22.8 Å². The first-order chi connectivity index (χ1) is 24.8. The summed E-state index contributed by atoms with van der Waals surface area (Å²) in [5, 5.41) is 24.7. The Labute approximate surface area is 297 Å². The SMILES string of the molecule is O=C(c1cccc(OCCCCCNCC(O)c2ccc(O)c3[nH]c(=O)ccc23)c1)N1CC(C(=O)OC2CN3CCC2CC3)(c2ccccc2)C1. The van der Waals surface area contributed by atoms with Crippen LogP contribution in [0.3, 0.4) is 0 Å². The number of aliphatic hydroxyl groups excluding tert-OH is 1. The molecule has 4 saturated heterocycles. The van der Waals surface area contributed by atoms with Gasteiger partial charge in [-0.15, -0.1) is 0 Å². The number of benzene rings is 3. The molecule has 0 aliphatic carbocycles. The zero-order valence-corrected chi connectivity index (χ0v) is 28.8. The molecule has 11 nitrogen and oxygen atoms in total. The smallest absolute Gasteiger partial charge is 0.320 e. The highest BCUT2D eigenvalue weighted by molar-refractivity contribution is 5.98. The van der Waals surface area contributed by atoms with Crippen molar-refractivity contribution < 1.29 is 29.3 Å². The van der Waals surface area contributed by atoms with E-state index < -0.39 is 11.5 Å². The third-order valence-electron chi connectivity index (χ3n) is 10.7. The molecule has 4 aromatic rings. The number of esters is 1. The summed E-state index contributed by atoms with van der Waals surface area (Å²) >= 11 is 0. The fourth-order valence-electron chi connectivity index (χ4n) is 7.75. The lowest BCUT2D eigenvalue weighted by molar-refractivity contribution is -0.171. The number of fused-ring (bicyclic) bond motifs is 4. The van der Waals surface area contributed by atoms with Crippen LogP contribution < -0.4 is 15.6 Å². The maximum Gasteiger partial charge on any atom is 0.320 e. The van der Waals surface area contributed by atoms with Gasteiger partial charge in [0.25, 0.3) is 5.91 Å². The number of phenolic OH excluding ortho intramolecular Hbond substituents is 1. The van der Waals surface area contributed by atoms with Gasteiger partial charge in [-0.05, 0) is 99.1 Å². The van der Waals surface area contributed by atoms with E-state index in [0.29, 0.717) is 53.4 Å². The Kier molecular flexibility index (Phi) is 10.4. The molecule has 2 atom stereocenters. The van der Waals surface area contributed by atoms with Crippen molar-refractivity contribution in [1.82, 2.24) is 20.1 Å². The summed E-state index contributed by atoms with van der Waals surface area (Å²) in [4.78, 5) is 45.8. The molecule has 4 aliphatic heterocycles. The van der Waals surface area contributed by atoms with E-state index in [4.69, 9.17) is 9.47 Å². The average Bonchev–Trinajstić information content (AvgIpc) is 3.13. The van der Waals surface area contributed by atoms with Gasteiger partial charge in [0, 0.05) is 43.2 Å². The van der Waals surface area contributed by atoms with Crippen LogP contribution in [0.4, 0.5) is 0 Å². The van der Waals surface area contributed by atoms with Crippen LogP contribution in [0.25, 0.3) is 10.9 Å². The minimum Gasteiger partial charge on any atom is -0.506 e. The highest BCUT2D eigenvalue weighted by Gasteiger charge is 2.55. The monoisotopic (exact) mass is 694 g/mol. The van der Waals surface area contributed by atoms with Gasteiger partial charge < -0.3 is 34.9 Å². The quantitative estimate of drug-likeness (QED) is 0.113. The maximum absolute atomic E-state index is 13.8. The Morgan fingerprint density at radius 2 is 1.76 bits per heavy atom. The minimum absolute atomic E-state index is 0.0355. The predicted octanol–water partition coefficient (Wildman–Crippen LogP) is 4.14. The van der Waals surface area contributed by atoms with E-state index >= 15 is 0 Å². The Balaban J connectivity index is 0.857. The number of likely N-dealkylation sites (tertiary alicyclic amines) is 1. The highest BCUT2D eigenvalue weighted by atomic mass is 16.5. The number of hydrogen-bond acceptors (Lipinski definition) is 9. The molecule has 5 heterocycles. The predicted molar refractivity (Wildman–Crippen MR) is 193 cm³/mol. The average molecular weight is 695 g/mol. The molecule has 11 heteroatoms. The normalized spacial score (nSPS) is 21.2. The van der Waals surface area contributed by atoms with Crippen LogP contribution in [-0.2, 0) is 14.9 Å². The van der Waals surface area contributed by atoms with Crippen LogP contribution in [0.5, 0.6) is 11.5 Å². The van der Waals surface area contributed by atoms with Gasteiger partial charge in [0.15, 0.2) is 0 Å². The van der Waals surface area contributed by atoms with Crippen molar-refractivity contribution in [2.24, 2.45) is 5.92 Å². The number of H-pyrrole nitrogens is 1. The highest BCUT2D eigenvalue weighted by Crippen LogP contribution is 2.39. The van der Waals surface area contributed by atoms with E-state index in [2.05, 4.69) is 15.2 Å². The van der Waals surface area contributed by atoms with Crippen molar-refractivity contribution in [3.63, 3.8) is 0 Å². The number of aromatic hydroxyl groups is 1. The molecule has 2 unspecified atom stereocenters. The number of piperidine rings is 3. The number of nitrogens with zero attached hydrogens (tertiary/aromatic N) is 2. The fourth-order valence-corrected chi connectivity index (χ4v) is 7.75. The van der Waals surface area contributed by atoms with Crippen molar-refractivity contribution in [3.8, 4) is 11.5 Å². The molecule has 4 fully saturated rings. The van der Waals surface area contributed by atoms with Crippen LogP contribution in [0.15, 0.2) is 83.7 Å². The van der Waals surface area contributed by atoms with E-state index in [1.54, 1.807) is 29.2 Å². The molecule has 0 saturated carbocycles. The summed E-state index contributed by atoms with van der Waals surface area (Å²) in [6.45, 7) is 5.04. The zero-order valence-electron chi connectivity index (χ0n) is 28.8. The lowest BCUT2D eigenvalue weighted by Crippen LogP contribution is -2.66. The van der Waals surface area contributed by atoms with Gasteiger partial charge in [-0.3, -0.25) is 19.3 Å².